The fraction of sp³-hybridized carbons (Fsp3) is 0.0625. The minimum absolute atomic E-state index is 0.262. The molecule has 2 aromatic rings. The lowest BCUT2D eigenvalue weighted by molar-refractivity contribution is 0.619. The molecule has 1 N–H and O–H groups in total. The summed E-state index contributed by atoms with van der Waals surface area (Å²) in [6, 6.07) is 15.5. The van der Waals surface area contributed by atoms with Gasteiger partial charge >= 0.3 is 0 Å². The van der Waals surface area contributed by atoms with Crippen molar-refractivity contribution in [2.45, 2.75) is 6.92 Å². The second-order valence-corrected chi connectivity index (χ2v) is 4.34. The van der Waals surface area contributed by atoms with Crippen LogP contribution in [-0.2, 0) is 0 Å². The SMILES string of the molecule is Cc1ccc(-c2cccc(NN=C(C#N)C#N)c2)cc1F. The van der Waals surface area contributed by atoms with E-state index in [1.165, 1.54) is 6.07 Å². The average molecular weight is 278 g/mol. The summed E-state index contributed by atoms with van der Waals surface area (Å²) in [6.07, 6.45) is 0. The van der Waals surface area contributed by atoms with E-state index in [0.717, 1.165) is 11.1 Å². The number of hydrogen-bond donors (Lipinski definition) is 1. The highest BCUT2D eigenvalue weighted by Gasteiger charge is 2.03. The average Bonchev–Trinajstić information content (AvgIpc) is 2.51. The van der Waals surface area contributed by atoms with E-state index in [9.17, 15) is 4.39 Å². The van der Waals surface area contributed by atoms with E-state index < -0.39 is 0 Å². The van der Waals surface area contributed by atoms with Crippen molar-refractivity contribution >= 4 is 11.4 Å². The number of rotatable bonds is 3. The molecule has 2 aromatic carbocycles. The Balaban J connectivity index is 2.30. The van der Waals surface area contributed by atoms with E-state index in [1.807, 2.05) is 12.1 Å². The maximum absolute atomic E-state index is 13.6. The van der Waals surface area contributed by atoms with Crippen molar-refractivity contribution < 1.29 is 4.39 Å². The Bertz CT molecular complexity index is 766. The van der Waals surface area contributed by atoms with Crippen LogP contribution in [-0.4, -0.2) is 5.71 Å². The minimum Gasteiger partial charge on any atom is -0.276 e. The van der Waals surface area contributed by atoms with Gasteiger partial charge < -0.3 is 0 Å². The Morgan fingerprint density at radius 2 is 1.81 bits per heavy atom. The third-order valence-electron chi connectivity index (χ3n) is 2.88. The molecule has 0 unspecified atom stereocenters. The van der Waals surface area contributed by atoms with Crippen LogP contribution in [0.1, 0.15) is 5.56 Å². The lowest BCUT2D eigenvalue weighted by atomic mass is 10.0. The van der Waals surface area contributed by atoms with Gasteiger partial charge in [-0.25, -0.2) is 4.39 Å². The van der Waals surface area contributed by atoms with Gasteiger partial charge in [0.2, 0.25) is 5.71 Å². The van der Waals surface area contributed by atoms with E-state index in [4.69, 9.17) is 10.5 Å². The number of benzene rings is 2. The summed E-state index contributed by atoms with van der Waals surface area (Å²) in [6.45, 7) is 1.71. The highest BCUT2D eigenvalue weighted by atomic mass is 19.1. The molecule has 0 spiro atoms. The molecular formula is C16H11FN4. The maximum atomic E-state index is 13.6. The van der Waals surface area contributed by atoms with Crippen LogP contribution in [0.4, 0.5) is 10.1 Å². The lowest BCUT2D eigenvalue weighted by Gasteiger charge is -2.06. The van der Waals surface area contributed by atoms with Crippen molar-refractivity contribution in [2.75, 3.05) is 5.43 Å². The van der Waals surface area contributed by atoms with Crippen LogP contribution < -0.4 is 5.43 Å². The smallest absolute Gasteiger partial charge is 0.237 e. The van der Waals surface area contributed by atoms with Gasteiger partial charge in [0.1, 0.15) is 18.0 Å². The quantitative estimate of drug-likeness (QED) is 0.688. The number of nitrogens with zero attached hydrogens (tertiary/aromatic N) is 3. The van der Waals surface area contributed by atoms with Gasteiger partial charge in [0.05, 0.1) is 5.69 Å². The normalized spacial score (nSPS) is 9.33. The van der Waals surface area contributed by atoms with Crippen molar-refractivity contribution in [3.8, 4) is 23.3 Å². The van der Waals surface area contributed by atoms with Crippen LogP contribution in [0.3, 0.4) is 0 Å². The molecule has 0 atom stereocenters. The van der Waals surface area contributed by atoms with Gasteiger partial charge in [-0.3, -0.25) is 5.43 Å². The zero-order valence-corrected chi connectivity index (χ0v) is 11.3. The molecule has 0 amide bonds. The van der Waals surface area contributed by atoms with Crippen LogP contribution in [0.2, 0.25) is 0 Å². The van der Waals surface area contributed by atoms with Crippen molar-refractivity contribution in [3.63, 3.8) is 0 Å². The van der Waals surface area contributed by atoms with Crippen molar-refractivity contribution in [3.05, 3.63) is 53.8 Å². The van der Waals surface area contributed by atoms with Crippen LogP contribution in [0, 0.1) is 35.4 Å². The molecule has 0 saturated heterocycles. The number of halogens is 1. The maximum Gasteiger partial charge on any atom is 0.237 e. The molecule has 21 heavy (non-hydrogen) atoms. The highest BCUT2D eigenvalue weighted by molar-refractivity contribution is 6.10. The number of nitriles is 2. The molecule has 102 valence electrons. The first-order valence-corrected chi connectivity index (χ1v) is 6.14. The highest BCUT2D eigenvalue weighted by Crippen LogP contribution is 2.24. The Morgan fingerprint density at radius 1 is 1.10 bits per heavy atom. The first kappa shape index (κ1) is 14.2. The summed E-state index contributed by atoms with van der Waals surface area (Å²) in [5.41, 5.74) is 5.12. The Hall–Kier alpha value is -3.18. The number of hydrazone groups is 1. The number of aryl methyl sites for hydroxylation is 1. The summed E-state index contributed by atoms with van der Waals surface area (Å²) in [5, 5.41) is 20.9. The zero-order valence-electron chi connectivity index (χ0n) is 11.3. The van der Waals surface area contributed by atoms with Crippen LogP contribution >= 0.6 is 0 Å². The second kappa shape index (κ2) is 6.31. The molecule has 5 heteroatoms. The molecule has 0 aliphatic rings. The monoisotopic (exact) mass is 278 g/mol. The van der Waals surface area contributed by atoms with E-state index in [0.29, 0.717) is 11.3 Å². The summed E-state index contributed by atoms with van der Waals surface area (Å²) >= 11 is 0. The molecule has 0 aliphatic heterocycles. The van der Waals surface area contributed by atoms with Crippen LogP contribution in [0.25, 0.3) is 11.1 Å². The first-order valence-electron chi connectivity index (χ1n) is 6.14. The largest absolute Gasteiger partial charge is 0.276 e. The van der Waals surface area contributed by atoms with Crippen molar-refractivity contribution in [1.82, 2.24) is 0 Å². The molecule has 0 heterocycles. The number of anilines is 1. The molecule has 0 aromatic heterocycles. The molecule has 4 nitrogen and oxygen atoms in total. The fourth-order valence-corrected chi connectivity index (χ4v) is 1.74. The third-order valence-corrected chi connectivity index (χ3v) is 2.88. The fourth-order valence-electron chi connectivity index (χ4n) is 1.74. The first-order chi connectivity index (χ1) is 10.1. The molecule has 0 fully saturated rings. The molecule has 0 bridgehead atoms. The standard InChI is InChI=1S/C16H11FN4/c1-11-5-6-13(8-16(11)17)12-3-2-4-14(7-12)20-21-15(9-18)10-19/h2-8,20H,1H3. The van der Waals surface area contributed by atoms with Gasteiger partial charge in [0, 0.05) is 0 Å². The number of hydrogen-bond acceptors (Lipinski definition) is 4. The molecule has 0 aliphatic carbocycles. The summed E-state index contributed by atoms with van der Waals surface area (Å²) in [7, 11) is 0. The van der Waals surface area contributed by atoms with Crippen LogP contribution in [0.5, 0.6) is 0 Å². The van der Waals surface area contributed by atoms with Gasteiger partial charge in [0.15, 0.2) is 0 Å². The van der Waals surface area contributed by atoms with E-state index >= 15 is 0 Å². The predicted molar refractivity (Wildman–Crippen MR) is 78.9 cm³/mol. The Kier molecular flexibility index (Phi) is 4.28. The predicted octanol–water partition coefficient (Wildman–Crippen LogP) is 3.62. The third kappa shape index (κ3) is 3.43. The van der Waals surface area contributed by atoms with Crippen molar-refractivity contribution in [1.29, 1.82) is 10.5 Å². The summed E-state index contributed by atoms with van der Waals surface area (Å²) < 4.78 is 13.6. The Morgan fingerprint density at radius 3 is 2.48 bits per heavy atom. The van der Waals surface area contributed by atoms with Crippen LogP contribution in [0.15, 0.2) is 47.6 Å². The minimum atomic E-state index is -0.264. The summed E-state index contributed by atoms with van der Waals surface area (Å²) in [4.78, 5) is 0. The molecule has 0 saturated carbocycles. The Labute approximate surface area is 121 Å². The van der Waals surface area contributed by atoms with Gasteiger partial charge in [-0.15, -0.1) is 0 Å². The van der Waals surface area contributed by atoms with Gasteiger partial charge in [-0.1, -0.05) is 24.3 Å². The lowest BCUT2D eigenvalue weighted by Crippen LogP contribution is -1.96. The van der Waals surface area contributed by atoms with Gasteiger partial charge in [-0.05, 0) is 41.8 Å². The molecular weight excluding hydrogens is 267 g/mol. The second-order valence-electron chi connectivity index (χ2n) is 4.34. The number of nitrogens with one attached hydrogen (secondary N) is 1. The van der Waals surface area contributed by atoms with Gasteiger partial charge in [0.25, 0.3) is 0 Å². The summed E-state index contributed by atoms with van der Waals surface area (Å²) in [5.74, 6) is -0.264. The van der Waals surface area contributed by atoms with E-state index in [2.05, 4.69) is 10.5 Å². The van der Waals surface area contributed by atoms with E-state index in [1.54, 1.807) is 43.3 Å². The van der Waals surface area contributed by atoms with Crippen molar-refractivity contribution in [2.24, 2.45) is 5.10 Å². The topological polar surface area (TPSA) is 72.0 Å². The zero-order chi connectivity index (χ0) is 15.2. The van der Waals surface area contributed by atoms with Gasteiger partial charge in [-0.2, -0.15) is 15.6 Å². The van der Waals surface area contributed by atoms with E-state index in [-0.39, 0.29) is 11.5 Å². The molecule has 2 rings (SSSR count). The molecule has 0 radical (unpaired) electrons.